The monoisotopic (exact) mass is 377 g/mol. The molecule has 0 aliphatic heterocycles. The maximum atomic E-state index is 12.5. The van der Waals surface area contributed by atoms with Gasteiger partial charge in [0.1, 0.15) is 0 Å². The minimum absolute atomic E-state index is 0.0367. The Kier molecular flexibility index (Phi) is 7.20. The molecule has 0 saturated heterocycles. The summed E-state index contributed by atoms with van der Waals surface area (Å²) in [5.74, 6) is 0.233. The summed E-state index contributed by atoms with van der Waals surface area (Å²) >= 11 is 2.99. The molecular weight excluding hydrogens is 354 g/mol. The first-order valence-electron chi connectivity index (χ1n) is 8.07. The summed E-state index contributed by atoms with van der Waals surface area (Å²) in [4.78, 5) is 25.1. The van der Waals surface area contributed by atoms with Crippen molar-refractivity contribution >= 4 is 35.3 Å². The highest BCUT2D eigenvalue weighted by atomic mass is 32.2. The lowest BCUT2D eigenvalue weighted by Gasteiger charge is -2.11. The van der Waals surface area contributed by atoms with Gasteiger partial charge in [0, 0.05) is 27.5 Å². The van der Waals surface area contributed by atoms with Crippen LogP contribution < -0.4 is 0 Å². The van der Waals surface area contributed by atoms with Gasteiger partial charge in [-0.15, -0.1) is 23.5 Å². The van der Waals surface area contributed by atoms with Gasteiger partial charge in [-0.1, -0.05) is 6.07 Å². The first-order chi connectivity index (χ1) is 12.0. The van der Waals surface area contributed by atoms with Crippen molar-refractivity contribution in [1.29, 1.82) is 0 Å². The van der Waals surface area contributed by atoms with Crippen LogP contribution in [-0.4, -0.2) is 40.7 Å². The molecule has 1 aromatic carbocycles. The number of ether oxygens (including phenoxy) is 1. The SMILES string of the molecule is CCOC(=O)CSCC(=O)c1cc(C)n(-c2cccc(SC)c2)c1C. The molecule has 0 unspecified atom stereocenters. The normalized spacial score (nSPS) is 10.7. The molecule has 0 radical (unpaired) electrons. The number of nitrogens with zero attached hydrogens (tertiary/aromatic N) is 1. The molecule has 0 N–H and O–H groups in total. The number of ketones is 1. The van der Waals surface area contributed by atoms with E-state index in [1.54, 1.807) is 18.7 Å². The fourth-order valence-corrected chi connectivity index (χ4v) is 3.85. The smallest absolute Gasteiger partial charge is 0.315 e. The fourth-order valence-electron chi connectivity index (χ4n) is 2.70. The van der Waals surface area contributed by atoms with Crippen molar-refractivity contribution in [2.24, 2.45) is 0 Å². The zero-order valence-corrected chi connectivity index (χ0v) is 16.6. The summed E-state index contributed by atoms with van der Waals surface area (Å²) in [6.07, 6.45) is 2.05. The van der Waals surface area contributed by atoms with Gasteiger partial charge in [0.05, 0.1) is 18.1 Å². The van der Waals surface area contributed by atoms with E-state index in [9.17, 15) is 9.59 Å². The second-order valence-corrected chi connectivity index (χ2v) is 7.41. The molecule has 4 nitrogen and oxygen atoms in total. The van der Waals surface area contributed by atoms with Crippen LogP contribution in [0.5, 0.6) is 0 Å². The highest BCUT2D eigenvalue weighted by Crippen LogP contribution is 2.25. The van der Waals surface area contributed by atoms with Crippen LogP contribution in [0.4, 0.5) is 0 Å². The molecule has 0 atom stereocenters. The molecule has 2 aromatic rings. The van der Waals surface area contributed by atoms with Gasteiger partial charge in [0.2, 0.25) is 0 Å². The predicted octanol–water partition coefficient (Wildman–Crippen LogP) is 4.30. The molecule has 0 saturated carbocycles. The number of benzene rings is 1. The van der Waals surface area contributed by atoms with Crippen molar-refractivity contribution in [3.63, 3.8) is 0 Å². The van der Waals surface area contributed by atoms with Crippen molar-refractivity contribution in [1.82, 2.24) is 4.57 Å². The van der Waals surface area contributed by atoms with Gasteiger partial charge in [-0.3, -0.25) is 9.59 Å². The average Bonchev–Trinajstić information content (AvgIpc) is 2.89. The molecule has 0 aliphatic rings. The van der Waals surface area contributed by atoms with E-state index in [1.807, 2.05) is 38.3 Å². The third-order valence-electron chi connectivity index (χ3n) is 3.80. The van der Waals surface area contributed by atoms with Crippen LogP contribution in [0.3, 0.4) is 0 Å². The molecule has 1 aromatic heterocycles. The van der Waals surface area contributed by atoms with Crippen LogP contribution in [0, 0.1) is 13.8 Å². The van der Waals surface area contributed by atoms with Crippen molar-refractivity contribution in [3.8, 4) is 5.69 Å². The standard InChI is InChI=1S/C19H23NO3S2/c1-5-23-19(22)12-25-11-18(21)17-9-13(2)20(14(17)3)15-7-6-8-16(10-15)24-4/h6-10H,5,11-12H2,1-4H3. The minimum atomic E-state index is -0.278. The largest absolute Gasteiger partial charge is 0.465 e. The minimum Gasteiger partial charge on any atom is -0.465 e. The molecule has 0 bridgehead atoms. The Morgan fingerprint density at radius 1 is 1.16 bits per heavy atom. The Morgan fingerprint density at radius 2 is 1.92 bits per heavy atom. The van der Waals surface area contributed by atoms with Gasteiger partial charge in [0.15, 0.2) is 5.78 Å². The fraction of sp³-hybridized carbons (Fsp3) is 0.368. The van der Waals surface area contributed by atoms with Crippen LogP contribution in [0.1, 0.15) is 28.7 Å². The maximum Gasteiger partial charge on any atom is 0.315 e. The molecule has 134 valence electrons. The summed E-state index contributed by atoms with van der Waals surface area (Å²) in [7, 11) is 0. The molecule has 0 aliphatic carbocycles. The molecule has 0 fully saturated rings. The molecule has 0 amide bonds. The Hall–Kier alpha value is -1.66. The van der Waals surface area contributed by atoms with Crippen molar-refractivity contribution in [2.75, 3.05) is 24.4 Å². The van der Waals surface area contributed by atoms with Gasteiger partial charge in [-0.2, -0.15) is 0 Å². The predicted molar refractivity (Wildman–Crippen MR) is 105 cm³/mol. The zero-order valence-electron chi connectivity index (χ0n) is 15.0. The molecule has 2 rings (SSSR count). The lowest BCUT2D eigenvalue weighted by Crippen LogP contribution is -2.10. The highest BCUT2D eigenvalue weighted by Gasteiger charge is 2.17. The number of Topliss-reactive ketones (excluding diaryl/α,β-unsaturated/α-hetero) is 1. The van der Waals surface area contributed by atoms with Gasteiger partial charge in [-0.25, -0.2) is 0 Å². The summed E-state index contributed by atoms with van der Waals surface area (Å²) in [6.45, 7) is 6.10. The van der Waals surface area contributed by atoms with E-state index in [-0.39, 0.29) is 23.3 Å². The van der Waals surface area contributed by atoms with Crippen molar-refractivity contribution in [3.05, 3.63) is 47.3 Å². The number of thioether (sulfide) groups is 2. The third-order valence-corrected chi connectivity index (χ3v) is 5.43. The van der Waals surface area contributed by atoms with Crippen molar-refractivity contribution < 1.29 is 14.3 Å². The second-order valence-electron chi connectivity index (χ2n) is 5.54. The lowest BCUT2D eigenvalue weighted by atomic mass is 10.2. The summed E-state index contributed by atoms with van der Waals surface area (Å²) in [5, 5.41) is 0. The third kappa shape index (κ3) is 4.92. The molecule has 1 heterocycles. The van der Waals surface area contributed by atoms with Crippen LogP contribution in [0.15, 0.2) is 35.2 Å². The number of carbonyl (C=O) groups is 2. The van der Waals surface area contributed by atoms with Gasteiger partial charge in [-0.05, 0) is 51.3 Å². The Bertz CT molecular complexity index is 768. The topological polar surface area (TPSA) is 48.3 Å². The summed E-state index contributed by atoms with van der Waals surface area (Å²) in [5.41, 5.74) is 3.72. The molecular formula is C19H23NO3S2. The number of rotatable bonds is 8. The van der Waals surface area contributed by atoms with Crippen LogP contribution in [0.25, 0.3) is 5.69 Å². The Labute approximate surface area is 157 Å². The lowest BCUT2D eigenvalue weighted by molar-refractivity contribution is -0.139. The van der Waals surface area contributed by atoms with Crippen LogP contribution in [0.2, 0.25) is 0 Å². The Balaban J connectivity index is 2.15. The molecule has 0 spiro atoms. The first-order valence-corrected chi connectivity index (χ1v) is 10.5. The number of hydrogen-bond acceptors (Lipinski definition) is 5. The zero-order chi connectivity index (χ0) is 18.4. The number of aryl methyl sites for hydroxylation is 1. The van der Waals surface area contributed by atoms with Gasteiger partial charge >= 0.3 is 5.97 Å². The molecule has 6 heteroatoms. The second kappa shape index (κ2) is 9.15. The van der Waals surface area contributed by atoms with Crippen LogP contribution in [-0.2, 0) is 9.53 Å². The van der Waals surface area contributed by atoms with E-state index in [0.717, 1.165) is 17.1 Å². The molecule has 25 heavy (non-hydrogen) atoms. The maximum absolute atomic E-state index is 12.5. The number of hydrogen-bond donors (Lipinski definition) is 0. The van der Waals surface area contributed by atoms with E-state index in [0.29, 0.717) is 12.2 Å². The quantitative estimate of drug-likeness (QED) is 0.390. The number of carbonyl (C=O) groups excluding carboxylic acids is 2. The van der Waals surface area contributed by atoms with Crippen molar-refractivity contribution in [2.45, 2.75) is 25.7 Å². The van der Waals surface area contributed by atoms with E-state index >= 15 is 0 Å². The van der Waals surface area contributed by atoms with E-state index in [4.69, 9.17) is 4.74 Å². The number of esters is 1. The van der Waals surface area contributed by atoms with Gasteiger partial charge < -0.3 is 9.30 Å². The summed E-state index contributed by atoms with van der Waals surface area (Å²) < 4.78 is 6.98. The Morgan fingerprint density at radius 3 is 2.60 bits per heavy atom. The van der Waals surface area contributed by atoms with E-state index < -0.39 is 0 Å². The van der Waals surface area contributed by atoms with Crippen LogP contribution >= 0.6 is 23.5 Å². The first kappa shape index (κ1) is 19.7. The highest BCUT2D eigenvalue weighted by molar-refractivity contribution is 8.00. The van der Waals surface area contributed by atoms with E-state index in [1.165, 1.54) is 16.7 Å². The number of aromatic nitrogens is 1. The van der Waals surface area contributed by atoms with Gasteiger partial charge in [0.25, 0.3) is 0 Å². The van der Waals surface area contributed by atoms with E-state index in [2.05, 4.69) is 16.7 Å². The summed E-state index contributed by atoms with van der Waals surface area (Å²) in [6, 6.07) is 10.2. The average molecular weight is 378 g/mol.